The van der Waals surface area contributed by atoms with Crippen LogP contribution < -0.4 is 5.32 Å². The summed E-state index contributed by atoms with van der Waals surface area (Å²) in [7, 11) is 1.98. The molecule has 5 heteroatoms. The Morgan fingerprint density at radius 1 is 1.44 bits per heavy atom. The minimum atomic E-state index is 0.854. The average molecular weight is 300 g/mol. The summed E-state index contributed by atoms with van der Waals surface area (Å²) in [5, 5.41) is 7.73. The summed E-state index contributed by atoms with van der Waals surface area (Å²) in [6.45, 7) is 3.77. The number of aromatic nitrogens is 2. The van der Waals surface area contributed by atoms with Gasteiger partial charge in [0.1, 0.15) is 0 Å². The third kappa shape index (κ3) is 2.93. The van der Waals surface area contributed by atoms with Crippen molar-refractivity contribution in [1.29, 1.82) is 0 Å². The van der Waals surface area contributed by atoms with E-state index in [9.17, 15) is 0 Å². The number of aryl methyl sites for hydroxylation is 2. The highest BCUT2D eigenvalue weighted by molar-refractivity contribution is 9.11. The third-order valence-electron chi connectivity index (χ3n) is 2.33. The normalized spacial score (nSPS) is 10.9. The summed E-state index contributed by atoms with van der Waals surface area (Å²) in [4.78, 5) is 1.34. The zero-order valence-corrected chi connectivity index (χ0v) is 11.7. The van der Waals surface area contributed by atoms with Gasteiger partial charge in [0, 0.05) is 25.0 Å². The Balaban J connectivity index is 1.86. The van der Waals surface area contributed by atoms with Gasteiger partial charge in [0.15, 0.2) is 0 Å². The summed E-state index contributed by atoms with van der Waals surface area (Å²) in [6.07, 6.45) is 0. The van der Waals surface area contributed by atoms with E-state index < -0.39 is 0 Å². The Morgan fingerprint density at radius 3 is 2.81 bits per heavy atom. The number of hydrogen-bond acceptors (Lipinski definition) is 3. The molecule has 0 bridgehead atoms. The van der Waals surface area contributed by atoms with E-state index in [0.717, 1.165) is 18.8 Å². The number of rotatable bonds is 4. The van der Waals surface area contributed by atoms with E-state index in [4.69, 9.17) is 0 Å². The lowest BCUT2D eigenvalue weighted by Crippen LogP contribution is -2.14. The predicted molar refractivity (Wildman–Crippen MR) is 70.5 cm³/mol. The van der Waals surface area contributed by atoms with Gasteiger partial charge in [-0.15, -0.1) is 11.3 Å². The van der Waals surface area contributed by atoms with Gasteiger partial charge in [-0.05, 0) is 41.1 Å². The fourth-order valence-corrected chi connectivity index (χ4v) is 3.04. The molecule has 0 spiro atoms. The molecular weight excluding hydrogens is 286 g/mol. The highest BCUT2D eigenvalue weighted by Crippen LogP contribution is 2.21. The molecule has 0 saturated heterocycles. The van der Waals surface area contributed by atoms with E-state index in [0.29, 0.717) is 0 Å². The van der Waals surface area contributed by atoms with Crippen molar-refractivity contribution in [1.82, 2.24) is 15.1 Å². The molecule has 0 saturated carbocycles. The number of nitrogens with one attached hydrogen (secondary N) is 1. The van der Waals surface area contributed by atoms with Crippen molar-refractivity contribution in [3.63, 3.8) is 0 Å². The second kappa shape index (κ2) is 5.12. The zero-order valence-electron chi connectivity index (χ0n) is 9.33. The van der Waals surface area contributed by atoms with Crippen LogP contribution in [0.4, 0.5) is 0 Å². The monoisotopic (exact) mass is 299 g/mol. The number of thiophene rings is 1. The minimum absolute atomic E-state index is 0.854. The van der Waals surface area contributed by atoms with Crippen LogP contribution in [0.3, 0.4) is 0 Å². The summed E-state index contributed by atoms with van der Waals surface area (Å²) < 4.78 is 3.10. The molecule has 1 N–H and O–H groups in total. The van der Waals surface area contributed by atoms with Crippen LogP contribution >= 0.6 is 27.3 Å². The first-order valence-electron chi connectivity index (χ1n) is 5.09. The van der Waals surface area contributed by atoms with Gasteiger partial charge < -0.3 is 5.32 Å². The van der Waals surface area contributed by atoms with E-state index in [-0.39, 0.29) is 0 Å². The van der Waals surface area contributed by atoms with Gasteiger partial charge in [-0.3, -0.25) is 4.68 Å². The summed E-state index contributed by atoms with van der Waals surface area (Å²) in [5.74, 6) is 0. The molecular formula is C11H14BrN3S. The Kier molecular flexibility index (Phi) is 3.78. The quantitative estimate of drug-likeness (QED) is 0.941. The molecule has 0 atom stereocenters. The molecule has 86 valence electrons. The van der Waals surface area contributed by atoms with Gasteiger partial charge in [0.25, 0.3) is 0 Å². The minimum Gasteiger partial charge on any atom is -0.306 e. The number of hydrogen-bond donors (Lipinski definition) is 1. The van der Waals surface area contributed by atoms with Crippen molar-refractivity contribution in [2.75, 3.05) is 0 Å². The maximum Gasteiger partial charge on any atom is 0.0701 e. The molecule has 0 amide bonds. The van der Waals surface area contributed by atoms with Gasteiger partial charge >= 0.3 is 0 Å². The Labute approximate surface area is 108 Å². The first kappa shape index (κ1) is 11.8. The SMILES string of the molecule is Cc1cc(CNCc2ccc(Br)s2)n(C)n1. The first-order chi connectivity index (χ1) is 7.65. The van der Waals surface area contributed by atoms with Gasteiger partial charge in [-0.25, -0.2) is 0 Å². The Hall–Kier alpha value is -0.650. The fraction of sp³-hybridized carbons (Fsp3) is 0.364. The summed E-state index contributed by atoms with van der Waals surface area (Å²) >= 11 is 5.22. The van der Waals surface area contributed by atoms with Gasteiger partial charge in [0.05, 0.1) is 15.2 Å². The van der Waals surface area contributed by atoms with Crippen molar-refractivity contribution in [2.45, 2.75) is 20.0 Å². The molecule has 0 aliphatic rings. The van der Waals surface area contributed by atoms with Crippen molar-refractivity contribution in [2.24, 2.45) is 7.05 Å². The largest absolute Gasteiger partial charge is 0.306 e. The van der Waals surface area contributed by atoms with E-state index in [1.165, 1.54) is 14.4 Å². The van der Waals surface area contributed by atoms with E-state index >= 15 is 0 Å². The molecule has 2 rings (SSSR count). The first-order valence-corrected chi connectivity index (χ1v) is 6.70. The van der Waals surface area contributed by atoms with Crippen molar-refractivity contribution < 1.29 is 0 Å². The van der Waals surface area contributed by atoms with Crippen molar-refractivity contribution in [3.05, 3.63) is 38.3 Å². The zero-order chi connectivity index (χ0) is 11.5. The lowest BCUT2D eigenvalue weighted by atomic mass is 10.3. The standard InChI is InChI=1S/C11H14BrN3S/c1-8-5-9(15(2)14-8)6-13-7-10-3-4-11(12)16-10/h3-5,13H,6-7H2,1-2H3. The molecule has 2 aromatic rings. The van der Waals surface area contributed by atoms with Crippen LogP contribution in [0.1, 0.15) is 16.3 Å². The molecule has 0 radical (unpaired) electrons. The molecule has 16 heavy (non-hydrogen) atoms. The predicted octanol–water partition coefficient (Wildman–Crippen LogP) is 2.84. The van der Waals surface area contributed by atoms with Crippen LogP contribution in [0.2, 0.25) is 0 Å². The van der Waals surface area contributed by atoms with Crippen LogP contribution in [0.5, 0.6) is 0 Å². The molecule has 0 aliphatic heterocycles. The molecule has 0 aromatic carbocycles. The lowest BCUT2D eigenvalue weighted by molar-refractivity contribution is 0.628. The number of halogens is 1. The second-order valence-corrected chi connectivity index (χ2v) is 6.26. The summed E-state index contributed by atoms with van der Waals surface area (Å²) in [6, 6.07) is 6.32. The van der Waals surface area contributed by atoms with Crippen LogP contribution in [0.25, 0.3) is 0 Å². The molecule has 0 unspecified atom stereocenters. The molecule has 3 nitrogen and oxygen atoms in total. The maximum absolute atomic E-state index is 4.31. The lowest BCUT2D eigenvalue weighted by Gasteiger charge is -2.03. The topological polar surface area (TPSA) is 29.9 Å². The van der Waals surface area contributed by atoms with Crippen LogP contribution in [0, 0.1) is 6.92 Å². The average Bonchev–Trinajstić information content (AvgIpc) is 2.74. The smallest absolute Gasteiger partial charge is 0.0701 e. The van der Waals surface area contributed by atoms with Crippen molar-refractivity contribution >= 4 is 27.3 Å². The van der Waals surface area contributed by atoms with Gasteiger partial charge in [-0.2, -0.15) is 5.10 Å². The highest BCUT2D eigenvalue weighted by Gasteiger charge is 2.02. The summed E-state index contributed by atoms with van der Waals surface area (Å²) in [5.41, 5.74) is 2.28. The fourth-order valence-electron chi connectivity index (χ4n) is 1.59. The molecule has 2 aromatic heterocycles. The van der Waals surface area contributed by atoms with Crippen LogP contribution in [-0.2, 0) is 20.1 Å². The van der Waals surface area contributed by atoms with E-state index in [1.807, 2.05) is 18.7 Å². The highest BCUT2D eigenvalue weighted by atomic mass is 79.9. The number of nitrogens with zero attached hydrogens (tertiary/aromatic N) is 2. The Morgan fingerprint density at radius 2 is 2.25 bits per heavy atom. The molecule has 2 heterocycles. The van der Waals surface area contributed by atoms with E-state index in [1.54, 1.807) is 11.3 Å². The van der Waals surface area contributed by atoms with Crippen LogP contribution in [0.15, 0.2) is 22.0 Å². The van der Waals surface area contributed by atoms with Gasteiger partial charge in [-0.1, -0.05) is 0 Å². The Bertz CT molecular complexity index is 475. The van der Waals surface area contributed by atoms with Crippen LogP contribution in [-0.4, -0.2) is 9.78 Å². The maximum atomic E-state index is 4.31. The third-order valence-corrected chi connectivity index (χ3v) is 3.96. The molecule has 0 fully saturated rings. The van der Waals surface area contributed by atoms with Crippen molar-refractivity contribution in [3.8, 4) is 0 Å². The second-order valence-electron chi connectivity index (χ2n) is 3.71. The van der Waals surface area contributed by atoms with E-state index in [2.05, 4.69) is 44.5 Å². The molecule has 0 aliphatic carbocycles. The van der Waals surface area contributed by atoms with Gasteiger partial charge in [0.2, 0.25) is 0 Å².